The molecule has 0 fully saturated rings. The van der Waals surface area contributed by atoms with Crippen molar-refractivity contribution in [3.8, 4) is 0 Å². The van der Waals surface area contributed by atoms with Gasteiger partial charge in [0.05, 0.1) is 16.3 Å². The fourth-order valence-corrected chi connectivity index (χ4v) is 2.61. The van der Waals surface area contributed by atoms with Crippen LogP contribution in [0.15, 0.2) is 12.1 Å². The maximum Gasteiger partial charge on any atom is 0.256 e. The Morgan fingerprint density at radius 2 is 1.79 bits per heavy atom. The number of halogens is 2. The standard InChI is InChI=1S/C14H20Cl2N2O/c1-4-6-18(7-5-2)14(19)11-8-10(15)9-12(16)13(11)17-3/h8-9,17H,4-7H2,1-3H3. The second-order valence-corrected chi connectivity index (χ2v) is 5.20. The van der Waals surface area contributed by atoms with Crippen molar-refractivity contribution < 1.29 is 4.79 Å². The van der Waals surface area contributed by atoms with Gasteiger partial charge in [-0.3, -0.25) is 4.79 Å². The maximum atomic E-state index is 12.6. The summed E-state index contributed by atoms with van der Waals surface area (Å²) in [6.07, 6.45) is 1.85. The molecule has 0 radical (unpaired) electrons. The summed E-state index contributed by atoms with van der Waals surface area (Å²) >= 11 is 12.1. The molecule has 0 heterocycles. The number of hydrogen-bond acceptors (Lipinski definition) is 2. The van der Waals surface area contributed by atoms with E-state index < -0.39 is 0 Å². The molecule has 0 spiro atoms. The number of anilines is 1. The van der Waals surface area contributed by atoms with E-state index in [0.717, 1.165) is 25.9 Å². The number of nitrogens with one attached hydrogen (secondary N) is 1. The quantitative estimate of drug-likeness (QED) is 0.850. The first-order chi connectivity index (χ1) is 9.04. The van der Waals surface area contributed by atoms with E-state index in [4.69, 9.17) is 23.2 Å². The van der Waals surface area contributed by atoms with Crippen molar-refractivity contribution in [2.45, 2.75) is 26.7 Å². The van der Waals surface area contributed by atoms with Crippen LogP contribution in [0, 0.1) is 0 Å². The average molecular weight is 303 g/mol. The highest BCUT2D eigenvalue weighted by molar-refractivity contribution is 6.37. The highest BCUT2D eigenvalue weighted by atomic mass is 35.5. The molecule has 1 rings (SSSR count). The van der Waals surface area contributed by atoms with E-state index in [9.17, 15) is 4.79 Å². The Kier molecular flexibility index (Phi) is 6.46. The van der Waals surface area contributed by atoms with Gasteiger partial charge in [-0.1, -0.05) is 37.0 Å². The van der Waals surface area contributed by atoms with Crippen LogP contribution in [0.1, 0.15) is 37.0 Å². The van der Waals surface area contributed by atoms with Crippen LogP contribution in [0.25, 0.3) is 0 Å². The molecule has 0 aromatic heterocycles. The number of amides is 1. The molecule has 0 saturated carbocycles. The van der Waals surface area contributed by atoms with Gasteiger partial charge in [0.15, 0.2) is 0 Å². The third-order valence-electron chi connectivity index (χ3n) is 2.81. The number of hydrogen-bond donors (Lipinski definition) is 1. The van der Waals surface area contributed by atoms with Crippen molar-refractivity contribution in [2.24, 2.45) is 0 Å². The molecule has 0 saturated heterocycles. The minimum absolute atomic E-state index is 0.0301. The average Bonchev–Trinajstić information content (AvgIpc) is 2.37. The molecule has 19 heavy (non-hydrogen) atoms. The monoisotopic (exact) mass is 302 g/mol. The van der Waals surface area contributed by atoms with Gasteiger partial charge in [0.1, 0.15) is 0 Å². The molecular weight excluding hydrogens is 283 g/mol. The summed E-state index contributed by atoms with van der Waals surface area (Å²) in [5, 5.41) is 3.91. The van der Waals surface area contributed by atoms with Gasteiger partial charge in [0.2, 0.25) is 0 Å². The van der Waals surface area contributed by atoms with Crippen LogP contribution >= 0.6 is 23.2 Å². The van der Waals surface area contributed by atoms with Crippen molar-refractivity contribution in [1.29, 1.82) is 0 Å². The van der Waals surface area contributed by atoms with Gasteiger partial charge in [0.25, 0.3) is 5.91 Å². The lowest BCUT2D eigenvalue weighted by molar-refractivity contribution is 0.0756. The zero-order valence-electron chi connectivity index (χ0n) is 11.6. The molecule has 0 atom stereocenters. The first kappa shape index (κ1) is 16.1. The number of carbonyl (C=O) groups excluding carboxylic acids is 1. The number of benzene rings is 1. The molecule has 1 N–H and O–H groups in total. The van der Waals surface area contributed by atoms with Crippen molar-refractivity contribution in [3.63, 3.8) is 0 Å². The van der Waals surface area contributed by atoms with Gasteiger partial charge in [-0.15, -0.1) is 0 Å². The van der Waals surface area contributed by atoms with Crippen LogP contribution in [0.2, 0.25) is 10.0 Å². The summed E-state index contributed by atoms with van der Waals surface area (Å²) in [5.41, 5.74) is 1.16. The Hall–Kier alpha value is -0.930. The Morgan fingerprint density at radius 1 is 1.21 bits per heavy atom. The lowest BCUT2D eigenvalue weighted by Gasteiger charge is -2.23. The molecule has 0 aliphatic rings. The largest absolute Gasteiger partial charge is 0.386 e. The summed E-state index contributed by atoms with van der Waals surface area (Å²) in [4.78, 5) is 14.4. The lowest BCUT2D eigenvalue weighted by Crippen LogP contribution is -2.33. The molecule has 1 aromatic rings. The van der Waals surface area contributed by atoms with Crippen molar-refractivity contribution >= 4 is 34.8 Å². The molecule has 0 bridgehead atoms. The van der Waals surface area contributed by atoms with Gasteiger partial charge in [-0.2, -0.15) is 0 Å². The summed E-state index contributed by atoms with van der Waals surface area (Å²) < 4.78 is 0. The van der Waals surface area contributed by atoms with E-state index in [1.807, 2.05) is 4.90 Å². The molecular formula is C14H20Cl2N2O. The van der Waals surface area contributed by atoms with Crippen LogP contribution in [0.3, 0.4) is 0 Å². The number of nitrogens with zero attached hydrogens (tertiary/aromatic N) is 1. The predicted octanol–water partition coefficient (Wildman–Crippen LogP) is 4.30. The van der Waals surface area contributed by atoms with Gasteiger partial charge >= 0.3 is 0 Å². The van der Waals surface area contributed by atoms with Crippen molar-refractivity contribution in [2.75, 3.05) is 25.5 Å². The Balaban J connectivity index is 3.15. The van der Waals surface area contributed by atoms with Gasteiger partial charge in [0, 0.05) is 25.2 Å². The van der Waals surface area contributed by atoms with Crippen LogP contribution in [-0.4, -0.2) is 30.9 Å². The van der Waals surface area contributed by atoms with Crippen LogP contribution < -0.4 is 5.32 Å². The van der Waals surface area contributed by atoms with E-state index in [2.05, 4.69) is 19.2 Å². The minimum Gasteiger partial charge on any atom is -0.386 e. The van der Waals surface area contributed by atoms with Crippen LogP contribution in [-0.2, 0) is 0 Å². The van der Waals surface area contributed by atoms with E-state index in [0.29, 0.717) is 21.3 Å². The molecule has 0 aliphatic carbocycles. The number of carbonyl (C=O) groups is 1. The fourth-order valence-electron chi connectivity index (χ4n) is 2.02. The topological polar surface area (TPSA) is 32.3 Å². The van der Waals surface area contributed by atoms with Gasteiger partial charge < -0.3 is 10.2 Å². The Morgan fingerprint density at radius 3 is 2.26 bits per heavy atom. The molecule has 106 valence electrons. The summed E-state index contributed by atoms with van der Waals surface area (Å²) in [6, 6.07) is 3.30. The minimum atomic E-state index is -0.0301. The van der Waals surface area contributed by atoms with E-state index in [-0.39, 0.29) is 5.91 Å². The fraction of sp³-hybridized carbons (Fsp3) is 0.500. The third-order valence-corrected chi connectivity index (χ3v) is 3.33. The molecule has 0 unspecified atom stereocenters. The molecule has 5 heteroatoms. The van der Waals surface area contributed by atoms with E-state index >= 15 is 0 Å². The molecule has 1 aromatic carbocycles. The second kappa shape index (κ2) is 7.61. The van der Waals surface area contributed by atoms with E-state index in [1.165, 1.54) is 0 Å². The lowest BCUT2D eigenvalue weighted by atomic mass is 10.1. The summed E-state index contributed by atoms with van der Waals surface area (Å²) in [5.74, 6) is -0.0301. The molecule has 3 nitrogen and oxygen atoms in total. The normalized spacial score (nSPS) is 10.4. The zero-order valence-corrected chi connectivity index (χ0v) is 13.1. The van der Waals surface area contributed by atoms with Gasteiger partial charge in [-0.05, 0) is 25.0 Å². The third kappa shape index (κ3) is 4.02. The number of rotatable bonds is 6. The van der Waals surface area contributed by atoms with Crippen LogP contribution in [0.5, 0.6) is 0 Å². The SMILES string of the molecule is CCCN(CCC)C(=O)c1cc(Cl)cc(Cl)c1NC. The second-order valence-electron chi connectivity index (χ2n) is 4.35. The van der Waals surface area contributed by atoms with Gasteiger partial charge in [-0.25, -0.2) is 0 Å². The van der Waals surface area contributed by atoms with Crippen LogP contribution in [0.4, 0.5) is 5.69 Å². The Bertz CT molecular complexity index is 443. The first-order valence-corrected chi connectivity index (χ1v) is 7.26. The molecule has 0 aliphatic heterocycles. The van der Waals surface area contributed by atoms with Crippen molar-refractivity contribution in [3.05, 3.63) is 27.7 Å². The highest BCUT2D eigenvalue weighted by Crippen LogP contribution is 2.30. The summed E-state index contributed by atoms with van der Waals surface area (Å²) in [7, 11) is 1.75. The Labute approximate surface area is 124 Å². The highest BCUT2D eigenvalue weighted by Gasteiger charge is 2.20. The first-order valence-electron chi connectivity index (χ1n) is 6.51. The van der Waals surface area contributed by atoms with E-state index in [1.54, 1.807) is 19.2 Å². The van der Waals surface area contributed by atoms with Crippen molar-refractivity contribution in [1.82, 2.24) is 4.90 Å². The zero-order chi connectivity index (χ0) is 14.4. The molecule has 1 amide bonds. The summed E-state index contributed by atoms with van der Waals surface area (Å²) in [6.45, 7) is 5.58. The predicted molar refractivity (Wildman–Crippen MR) is 82.5 cm³/mol. The smallest absolute Gasteiger partial charge is 0.256 e. The maximum absolute atomic E-state index is 12.6.